The molecule has 5 heteroatoms. The summed E-state index contributed by atoms with van der Waals surface area (Å²) in [4.78, 5) is 0. The summed E-state index contributed by atoms with van der Waals surface area (Å²) in [5, 5.41) is 3.42. The molecule has 0 saturated carbocycles. The van der Waals surface area contributed by atoms with Crippen molar-refractivity contribution in [2.45, 2.75) is 20.0 Å². The first-order valence-electron chi connectivity index (χ1n) is 7.93. The van der Waals surface area contributed by atoms with E-state index in [0.29, 0.717) is 36.9 Å². The van der Waals surface area contributed by atoms with Gasteiger partial charge in [0.25, 0.3) is 0 Å². The third kappa shape index (κ3) is 4.32. The van der Waals surface area contributed by atoms with Crippen LogP contribution in [0.3, 0.4) is 0 Å². The van der Waals surface area contributed by atoms with Crippen LogP contribution < -0.4 is 24.3 Å². The second-order valence-corrected chi connectivity index (χ2v) is 5.18. The molecule has 2 aromatic rings. The van der Waals surface area contributed by atoms with Gasteiger partial charge in [0.05, 0.1) is 27.9 Å². The average molecular weight is 331 g/mol. The van der Waals surface area contributed by atoms with Crippen molar-refractivity contribution < 1.29 is 18.9 Å². The van der Waals surface area contributed by atoms with Crippen LogP contribution in [0.25, 0.3) is 0 Å². The van der Waals surface area contributed by atoms with Crippen LogP contribution in [0.5, 0.6) is 23.0 Å². The van der Waals surface area contributed by atoms with Gasteiger partial charge in [-0.25, -0.2) is 0 Å². The molecule has 0 fully saturated rings. The quantitative estimate of drug-likeness (QED) is 0.763. The van der Waals surface area contributed by atoms with Gasteiger partial charge in [-0.15, -0.1) is 0 Å². The predicted octanol–water partition coefficient (Wildman–Crippen LogP) is 3.40. The van der Waals surface area contributed by atoms with Crippen molar-refractivity contribution in [2.75, 3.05) is 27.9 Å². The molecule has 130 valence electrons. The lowest BCUT2D eigenvalue weighted by Crippen LogP contribution is -2.14. The smallest absolute Gasteiger partial charge is 0.203 e. The van der Waals surface area contributed by atoms with Crippen LogP contribution in [-0.2, 0) is 13.1 Å². The largest absolute Gasteiger partial charge is 0.494 e. The van der Waals surface area contributed by atoms with Crippen molar-refractivity contribution in [2.24, 2.45) is 0 Å². The zero-order valence-corrected chi connectivity index (χ0v) is 14.7. The molecule has 0 unspecified atom stereocenters. The minimum Gasteiger partial charge on any atom is -0.494 e. The van der Waals surface area contributed by atoms with Gasteiger partial charge < -0.3 is 24.3 Å². The topological polar surface area (TPSA) is 49.0 Å². The fourth-order valence-corrected chi connectivity index (χ4v) is 2.53. The minimum atomic E-state index is 0.602. The number of rotatable bonds is 9. The van der Waals surface area contributed by atoms with E-state index in [0.717, 1.165) is 16.9 Å². The summed E-state index contributed by atoms with van der Waals surface area (Å²) in [6.07, 6.45) is 0. The van der Waals surface area contributed by atoms with Gasteiger partial charge >= 0.3 is 0 Å². The monoisotopic (exact) mass is 331 g/mol. The molecular formula is C19H25NO4. The Bertz CT molecular complexity index is 633. The second-order valence-electron chi connectivity index (χ2n) is 5.18. The number of hydrogen-bond donors (Lipinski definition) is 1. The highest BCUT2D eigenvalue weighted by Crippen LogP contribution is 2.38. The Kier molecular flexibility index (Phi) is 6.75. The molecule has 0 aliphatic rings. The highest BCUT2D eigenvalue weighted by atomic mass is 16.5. The number of para-hydroxylation sites is 1. The molecule has 0 aromatic heterocycles. The normalized spacial score (nSPS) is 10.3. The van der Waals surface area contributed by atoms with Crippen LogP contribution in [0.2, 0.25) is 0 Å². The van der Waals surface area contributed by atoms with E-state index in [1.165, 1.54) is 0 Å². The summed E-state index contributed by atoms with van der Waals surface area (Å²) >= 11 is 0. The van der Waals surface area contributed by atoms with E-state index in [9.17, 15) is 0 Å². The van der Waals surface area contributed by atoms with Crippen LogP contribution in [0.4, 0.5) is 0 Å². The molecule has 0 atom stereocenters. The molecule has 0 aliphatic carbocycles. The molecular weight excluding hydrogens is 306 g/mol. The lowest BCUT2D eigenvalue weighted by molar-refractivity contribution is 0.323. The fourth-order valence-electron chi connectivity index (χ4n) is 2.53. The Morgan fingerprint density at radius 2 is 1.50 bits per heavy atom. The number of ether oxygens (including phenoxy) is 4. The van der Waals surface area contributed by atoms with Gasteiger partial charge in [-0.05, 0) is 30.7 Å². The minimum absolute atomic E-state index is 0.602. The Labute approximate surface area is 143 Å². The van der Waals surface area contributed by atoms with Crippen molar-refractivity contribution in [1.82, 2.24) is 5.32 Å². The lowest BCUT2D eigenvalue weighted by atomic mass is 10.1. The van der Waals surface area contributed by atoms with E-state index in [2.05, 4.69) is 11.4 Å². The molecule has 0 saturated heterocycles. The maximum atomic E-state index is 5.65. The Balaban J connectivity index is 2.07. The molecule has 2 aromatic carbocycles. The zero-order valence-electron chi connectivity index (χ0n) is 14.7. The number of benzene rings is 2. The first-order chi connectivity index (χ1) is 11.7. The van der Waals surface area contributed by atoms with E-state index in [1.54, 1.807) is 21.3 Å². The van der Waals surface area contributed by atoms with Crippen molar-refractivity contribution >= 4 is 0 Å². The van der Waals surface area contributed by atoms with Gasteiger partial charge in [0.15, 0.2) is 11.5 Å². The fraction of sp³-hybridized carbons (Fsp3) is 0.368. The first-order valence-corrected chi connectivity index (χ1v) is 7.93. The van der Waals surface area contributed by atoms with Gasteiger partial charge in [-0.2, -0.15) is 0 Å². The van der Waals surface area contributed by atoms with Crippen LogP contribution in [0.1, 0.15) is 18.1 Å². The van der Waals surface area contributed by atoms with E-state index in [4.69, 9.17) is 18.9 Å². The maximum absolute atomic E-state index is 5.65. The van der Waals surface area contributed by atoms with Crippen molar-refractivity contribution in [3.8, 4) is 23.0 Å². The van der Waals surface area contributed by atoms with Gasteiger partial charge in [0, 0.05) is 18.7 Å². The summed E-state index contributed by atoms with van der Waals surface area (Å²) in [5.41, 5.74) is 2.19. The molecule has 0 heterocycles. The third-order valence-electron chi connectivity index (χ3n) is 3.64. The first kappa shape index (κ1) is 17.9. The molecule has 24 heavy (non-hydrogen) atoms. The molecule has 5 nitrogen and oxygen atoms in total. The summed E-state index contributed by atoms with van der Waals surface area (Å²) in [6.45, 7) is 4.04. The summed E-state index contributed by atoms with van der Waals surface area (Å²) in [5.74, 6) is 2.83. The highest BCUT2D eigenvalue weighted by Gasteiger charge is 2.13. The zero-order chi connectivity index (χ0) is 17.4. The van der Waals surface area contributed by atoms with Gasteiger partial charge in [0.1, 0.15) is 5.75 Å². The molecule has 0 aliphatic heterocycles. The van der Waals surface area contributed by atoms with Crippen molar-refractivity contribution in [3.63, 3.8) is 0 Å². The summed E-state index contributed by atoms with van der Waals surface area (Å²) in [6, 6.07) is 11.9. The second kappa shape index (κ2) is 9.03. The van der Waals surface area contributed by atoms with Crippen LogP contribution in [-0.4, -0.2) is 27.9 Å². The van der Waals surface area contributed by atoms with Crippen molar-refractivity contribution in [1.29, 1.82) is 0 Å². The number of nitrogens with one attached hydrogen (secondary N) is 1. The summed E-state index contributed by atoms with van der Waals surface area (Å²) in [7, 11) is 4.84. The molecule has 0 spiro atoms. The van der Waals surface area contributed by atoms with E-state index in [1.807, 2.05) is 37.3 Å². The SMILES string of the molecule is CCOc1ccccc1CNCc1cc(OC)c(OC)c(OC)c1. The van der Waals surface area contributed by atoms with Crippen LogP contribution in [0.15, 0.2) is 36.4 Å². The third-order valence-corrected chi connectivity index (χ3v) is 3.64. The molecule has 0 amide bonds. The molecule has 2 rings (SSSR count). The Morgan fingerprint density at radius 1 is 0.833 bits per heavy atom. The number of methoxy groups -OCH3 is 3. The molecule has 1 N–H and O–H groups in total. The standard InChI is InChI=1S/C19H25NO4/c1-5-24-16-9-7-6-8-15(16)13-20-12-14-10-17(21-2)19(23-4)18(11-14)22-3/h6-11,20H,5,12-13H2,1-4H3. The summed E-state index contributed by atoms with van der Waals surface area (Å²) < 4.78 is 21.8. The Hall–Kier alpha value is -2.40. The van der Waals surface area contributed by atoms with Gasteiger partial charge in [-0.3, -0.25) is 0 Å². The van der Waals surface area contributed by atoms with Crippen LogP contribution in [0, 0.1) is 0 Å². The van der Waals surface area contributed by atoms with Gasteiger partial charge in [-0.1, -0.05) is 18.2 Å². The average Bonchev–Trinajstić information content (AvgIpc) is 2.62. The lowest BCUT2D eigenvalue weighted by Gasteiger charge is -2.15. The van der Waals surface area contributed by atoms with Gasteiger partial charge in [0.2, 0.25) is 5.75 Å². The highest BCUT2D eigenvalue weighted by molar-refractivity contribution is 5.53. The van der Waals surface area contributed by atoms with E-state index >= 15 is 0 Å². The number of hydrogen-bond acceptors (Lipinski definition) is 5. The van der Waals surface area contributed by atoms with Crippen molar-refractivity contribution in [3.05, 3.63) is 47.5 Å². The Morgan fingerprint density at radius 3 is 2.08 bits per heavy atom. The predicted molar refractivity (Wildman–Crippen MR) is 94.3 cm³/mol. The van der Waals surface area contributed by atoms with Crippen LogP contribution >= 0.6 is 0 Å². The molecule has 0 radical (unpaired) electrons. The maximum Gasteiger partial charge on any atom is 0.203 e. The van der Waals surface area contributed by atoms with E-state index in [-0.39, 0.29) is 0 Å². The molecule has 0 bridgehead atoms. The van der Waals surface area contributed by atoms with E-state index < -0.39 is 0 Å².